The van der Waals surface area contributed by atoms with Crippen LogP contribution in [0.3, 0.4) is 0 Å². The summed E-state index contributed by atoms with van der Waals surface area (Å²) in [7, 11) is 0. The Morgan fingerprint density at radius 2 is 1.88 bits per heavy atom. The van der Waals surface area contributed by atoms with Gasteiger partial charge in [-0.2, -0.15) is 0 Å². The van der Waals surface area contributed by atoms with Crippen LogP contribution in [0.2, 0.25) is 10.0 Å². The second kappa shape index (κ2) is 4.01. The maximum atomic E-state index is 6.04. The van der Waals surface area contributed by atoms with E-state index in [9.17, 15) is 0 Å². The van der Waals surface area contributed by atoms with Crippen molar-refractivity contribution < 1.29 is 0 Å². The van der Waals surface area contributed by atoms with Crippen molar-refractivity contribution in [2.45, 2.75) is 32.2 Å². The van der Waals surface area contributed by atoms with Gasteiger partial charge in [-0.3, -0.25) is 0 Å². The van der Waals surface area contributed by atoms with Gasteiger partial charge in [-0.25, -0.2) is 0 Å². The van der Waals surface area contributed by atoms with Crippen molar-refractivity contribution in [3.63, 3.8) is 0 Å². The molecule has 0 unspecified atom stereocenters. The average molecular weight is 259 g/mol. The Kier molecular flexibility index (Phi) is 2.97. The minimum absolute atomic E-state index is 0.144. The lowest BCUT2D eigenvalue weighted by Crippen LogP contribution is -2.38. The van der Waals surface area contributed by atoms with E-state index in [1.807, 2.05) is 6.07 Å². The fourth-order valence-electron chi connectivity index (χ4n) is 2.34. The summed E-state index contributed by atoms with van der Waals surface area (Å²) >= 11 is 12.0. The number of nitrogens with zero attached hydrogens (tertiary/aromatic N) is 1. The van der Waals surface area contributed by atoms with Gasteiger partial charge in [-0.05, 0) is 38.8 Å². The van der Waals surface area contributed by atoms with Crippen LogP contribution >= 0.6 is 23.2 Å². The molecule has 0 saturated carbocycles. The highest BCUT2D eigenvalue weighted by atomic mass is 35.5. The number of rotatable bonds is 1. The summed E-state index contributed by atoms with van der Waals surface area (Å²) in [5.41, 5.74) is 7.85. The number of nitrogen functional groups attached to an aromatic ring is 1. The fourth-order valence-corrected chi connectivity index (χ4v) is 2.67. The fraction of sp³-hybridized carbons (Fsp3) is 0.500. The molecule has 1 fully saturated rings. The van der Waals surface area contributed by atoms with E-state index >= 15 is 0 Å². The van der Waals surface area contributed by atoms with Crippen LogP contribution in [0, 0.1) is 0 Å². The molecule has 88 valence electrons. The van der Waals surface area contributed by atoms with E-state index in [0.717, 1.165) is 12.2 Å². The van der Waals surface area contributed by atoms with Crippen molar-refractivity contribution in [2.75, 3.05) is 17.2 Å². The van der Waals surface area contributed by atoms with Gasteiger partial charge in [0.25, 0.3) is 0 Å². The molecule has 2 rings (SSSR count). The Morgan fingerprint density at radius 3 is 2.44 bits per heavy atom. The molecule has 2 N–H and O–H groups in total. The monoisotopic (exact) mass is 258 g/mol. The molecule has 0 radical (unpaired) electrons. The van der Waals surface area contributed by atoms with Crippen molar-refractivity contribution in [1.82, 2.24) is 0 Å². The molecule has 0 spiro atoms. The van der Waals surface area contributed by atoms with Crippen molar-refractivity contribution in [3.8, 4) is 0 Å². The first-order chi connectivity index (χ1) is 7.42. The lowest BCUT2D eigenvalue weighted by Gasteiger charge is -2.34. The Hall–Kier alpha value is -0.600. The molecular weight excluding hydrogens is 243 g/mol. The molecule has 4 heteroatoms. The summed E-state index contributed by atoms with van der Waals surface area (Å²) in [4.78, 5) is 2.31. The molecule has 16 heavy (non-hydrogen) atoms. The predicted molar refractivity (Wildman–Crippen MR) is 71.5 cm³/mol. The summed E-state index contributed by atoms with van der Waals surface area (Å²) in [6.07, 6.45) is 2.36. The normalized spacial score (nSPS) is 19.1. The molecule has 1 heterocycles. The zero-order valence-electron chi connectivity index (χ0n) is 9.56. The van der Waals surface area contributed by atoms with Crippen molar-refractivity contribution >= 4 is 34.6 Å². The van der Waals surface area contributed by atoms with Gasteiger partial charge in [-0.1, -0.05) is 23.2 Å². The highest BCUT2D eigenvalue weighted by Crippen LogP contribution is 2.40. The Balaban J connectivity index is 2.44. The second-order valence-electron chi connectivity index (χ2n) is 4.89. The lowest BCUT2D eigenvalue weighted by molar-refractivity contribution is 0.518. The number of benzene rings is 1. The summed E-state index contributed by atoms with van der Waals surface area (Å²) in [6, 6.07) is 3.60. The van der Waals surface area contributed by atoms with E-state index in [-0.39, 0.29) is 5.54 Å². The highest BCUT2D eigenvalue weighted by molar-refractivity contribution is 6.42. The molecule has 0 aromatic heterocycles. The third kappa shape index (κ3) is 1.96. The Morgan fingerprint density at radius 1 is 1.25 bits per heavy atom. The molecule has 2 nitrogen and oxygen atoms in total. The van der Waals surface area contributed by atoms with E-state index in [1.165, 1.54) is 12.8 Å². The summed E-state index contributed by atoms with van der Waals surface area (Å²) in [5, 5.41) is 1.08. The molecule has 1 aromatic rings. The summed E-state index contributed by atoms with van der Waals surface area (Å²) in [5.74, 6) is 0. The minimum Gasteiger partial charge on any atom is -0.397 e. The van der Waals surface area contributed by atoms with Gasteiger partial charge in [0.2, 0.25) is 0 Å². The number of anilines is 2. The van der Waals surface area contributed by atoms with Gasteiger partial charge in [0.05, 0.1) is 21.4 Å². The Bertz CT molecular complexity index is 416. The average Bonchev–Trinajstić information content (AvgIpc) is 2.52. The van der Waals surface area contributed by atoms with E-state index in [1.54, 1.807) is 6.07 Å². The molecule has 1 aliphatic rings. The summed E-state index contributed by atoms with van der Waals surface area (Å²) < 4.78 is 0. The van der Waals surface area contributed by atoms with Crippen molar-refractivity contribution in [2.24, 2.45) is 0 Å². The molecule has 1 aromatic carbocycles. The van der Waals surface area contributed by atoms with Crippen molar-refractivity contribution in [3.05, 3.63) is 22.2 Å². The second-order valence-corrected chi connectivity index (χ2v) is 5.71. The third-order valence-corrected chi connectivity index (χ3v) is 3.98. The smallest absolute Gasteiger partial charge is 0.0620 e. The standard InChI is InChI=1S/C12H16Cl2N2/c1-12(2)4-3-5-16(12)11-7-9(14)8(13)6-10(11)15/h6-7H,3-5,15H2,1-2H3. The van der Waals surface area contributed by atoms with E-state index < -0.39 is 0 Å². The van der Waals surface area contributed by atoms with Crippen LogP contribution in [-0.2, 0) is 0 Å². The van der Waals surface area contributed by atoms with Gasteiger partial charge in [0.15, 0.2) is 0 Å². The maximum Gasteiger partial charge on any atom is 0.0620 e. The van der Waals surface area contributed by atoms with Gasteiger partial charge >= 0.3 is 0 Å². The van der Waals surface area contributed by atoms with E-state index in [2.05, 4.69) is 18.7 Å². The first kappa shape index (κ1) is 11.9. The number of nitrogens with two attached hydrogens (primary N) is 1. The van der Waals surface area contributed by atoms with Gasteiger partial charge in [-0.15, -0.1) is 0 Å². The van der Waals surface area contributed by atoms with E-state index in [0.29, 0.717) is 15.7 Å². The quantitative estimate of drug-likeness (QED) is 0.773. The van der Waals surface area contributed by atoms with E-state index in [4.69, 9.17) is 28.9 Å². The molecule has 0 bridgehead atoms. The molecule has 0 amide bonds. The van der Waals surface area contributed by atoms with Crippen molar-refractivity contribution in [1.29, 1.82) is 0 Å². The zero-order valence-corrected chi connectivity index (χ0v) is 11.1. The predicted octanol–water partition coefficient (Wildman–Crippen LogP) is 3.95. The van der Waals surface area contributed by atoms with Crippen LogP contribution in [-0.4, -0.2) is 12.1 Å². The molecule has 1 aliphatic heterocycles. The largest absolute Gasteiger partial charge is 0.397 e. The van der Waals surface area contributed by atoms with Crippen LogP contribution in [0.25, 0.3) is 0 Å². The van der Waals surface area contributed by atoms with Gasteiger partial charge in [0, 0.05) is 12.1 Å². The highest BCUT2D eigenvalue weighted by Gasteiger charge is 2.33. The van der Waals surface area contributed by atoms with Gasteiger partial charge < -0.3 is 10.6 Å². The van der Waals surface area contributed by atoms with Crippen LogP contribution < -0.4 is 10.6 Å². The van der Waals surface area contributed by atoms with Crippen LogP contribution in [0.4, 0.5) is 11.4 Å². The minimum atomic E-state index is 0.144. The third-order valence-electron chi connectivity index (χ3n) is 3.26. The van der Waals surface area contributed by atoms with Crippen LogP contribution in [0.1, 0.15) is 26.7 Å². The first-order valence-electron chi connectivity index (χ1n) is 5.44. The molecule has 1 saturated heterocycles. The zero-order chi connectivity index (χ0) is 11.9. The molecule has 0 aliphatic carbocycles. The molecule has 0 atom stereocenters. The Labute approximate surface area is 106 Å². The lowest BCUT2D eigenvalue weighted by atomic mass is 10.0. The van der Waals surface area contributed by atoms with Crippen LogP contribution in [0.15, 0.2) is 12.1 Å². The van der Waals surface area contributed by atoms with Crippen LogP contribution in [0.5, 0.6) is 0 Å². The van der Waals surface area contributed by atoms with Gasteiger partial charge in [0.1, 0.15) is 0 Å². The number of hydrogen-bond donors (Lipinski definition) is 1. The number of hydrogen-bond acceptors (Lipinski definition) is 2. The number of halogens is 2. The SMILES string of the molecule is CC1(C)CCCN1c1cc(Cl)c(Cl)cc1N. The topological polar surface area (TPSA) is 29.3 Å². The molecular formula is C12H16Cl2N2. The maximum absolute atomic E-state index is 6.04. The first-order valence-corrected chi connectivity index (χ1v) is 6.19. The summed E-state index contributed by atoms with van der Waals surface area (Å²) in [6.45, 7) is 5.47.